The second-order valence-corrected chi connectivity index (χ2v) is 3.82. The first-order valence-electron chi connectivity index (χ1n) is 5.83. The number of hydrogen-bond acceptors (Lipinski definition) is 6. The van der Waals surface area contributed by atoms with E-state index in [0.717, 1.165) is 0 Å². The number of benzene rings is 1. The van der Waals surface area contributed by atoms with Gasteiger partial charge in [0.25, 0.3) is 0 Å². The molecule has 0 aliphatic rings. The summed E-state index contributed by atoms with van der Waals surface area (Å²) in [5.74, 6) is 1.05. The zero-order valence-electron chi connectivity index (χ0n) is 11.4. The van der Waals surface area contributed by atoms with Gasteiger partial charge in [-0.05, 0) is 18.2 Å². The molecule has 0 saturated heterocycles. The van der Waals surface area contributed by atoms with Gasteiger partial charge in [-0.2, -0.15) is 0 Å². The number of carbonyl (C=O) groups excluding carboxylic acids is 1. The Balaban J connectivity index is 2.50. The van der Waals surface area contributed by atoms with Crippen molar-refractivity contribution in [2.45, 2.75) is 0 Å². The van der Waals surface area contributed by atoms with Gasteiger partial charge in [-0.25, -0.2) is 9.97 Å². The predicted molar refractivity (Wildman–Crippen MR) is 71.6 cm³/mol. The van der Waals surface area contributed by atoms with Crippen molar-refractivity contribution in [1.82, 2.24) is 9.97 Å². The third-order valence-corrected chi connectivity index (χ3v) is 2.70. The lowest BCUT2D eigenvalue weighted by atomic mass is 10.1. The number of rotatable bonds is 5. The van der Waals surface area contributed by atoms with Gasteiger partial charge in [-0.1, -0.05) is 0 Å². The second kappa shape index (κ2) is 6.01. The van der Waals surface area contributed by atoms with E-state index in [1.807, 2.05) is 0 Å². The summed E-state index contributed by atoms with van der Waals surface area (Å²) in [6.07, 6.45) is 3.02. The molecule has 0 aliphatic heterocycles. The maximum absolute atomic E-state index is 12.3. The molecule has 6 heteroatoms. The Kier molecular flexibility index (Phi) is 4.14. The van der Waals surface area contributed by atoms with Crippen LogP contribution in [-0.4, -0.2) is 37.1 Å². The summed E-state index contributed by atoms with van der Waals surface area (Å²) in [6, 6.07) is 4.78. The molecule has 0 bridgehead atoms. The number of hydrogen-bond donors (Lipinski definition) is 0. The molecule has 0 aliphatic carbocycles. The molecule has 0 fully saturated rings. The molecule has 0 spiro atoms. The third-order valence-electron chi connectivity index (χ3n) is 2.70. The number of aromatic nitrogens is 2. The Bertz CT molecular complexity index is 589. The number of nitrogens with zero attached hydrogens (tertiary/aromatic N) is 2. The van der Waals surface area contributed by atoms with Gasteiger partial charge in [0.1, 0.15) is 0 Å². The molecular formula is C14H14N2O4. The Morgan fingerprint density at radius 3 is 1.95 bits per heavy atom. The van der Waals surface area contributed by atoms with E-state index in [9.17, 15) is 4.79 Å². The van der Waals surface area contributed by atoms with Crippen molar-refractivity contribution < 1.29 is 19.0 Å². The lowest BCUT2D eigenvalue weighted by Gasteiger charge is -2.13. The van der Waals surface area contributed by atoms with E-state index in [0.29, 0.717) is 22.8 Å². The highest BCUT2D eigenvalue weighted by molar-refractivity contribution is 6.07. The summed E-state index contributed by atoms with van der Waals surface area (Å²) >= 11 is 0. The molecule has 1 aromatic heterocycles. The molecule has 0 atom stereocenters. The first-order chi connectivity index (χ1) is 9.71. The van der Waals surface area contributed by atoms with Crippen molar-refractivity contribution in [3.63, 3.8) is 0 Å². The monoisotopic (exact) mass is 274 g/mol. The quantitative estimate of drug-likeness (QED) is 0.773. The van der Waals surface area contributed by atoms with Gasteiger partial charge in [-0.15, -0.1) is 0 Å². The van der Waals surface area contributed by atoms with Gasteiger partial charge in [0.05, 0.1) is 21.3 Å². The van der Waals surface area contributed by atoms with E-state index in [1.165, 1.54) is 33.7 Å². The second-order valence-electron chi connectivity index (χ2n) is 3.82. The van der Waals surface area contributed by atoms with Gasteiger partial charge in [-0.3, -0.25) is 4.79 Å². The molecule has 6 nitrogen and oxygen atoms in total. The zero-order valence-corrected chi connectivity index (χ0v) is 11.4. The molecule has 104 valence electrons. The maximum Gasteiger partial charge on any atom is 0.230 e. The summed E-state index contributed by atoms with van der Waals surface area (Å²) in [6.45, 7) is 0. The van der Waals surface area contributed by atoms with E-state index in [1.54, 1.807) is 18.2 Å². The summed E-state index contributed by atoms with van der Waals surface area (Å²) in [4.78, 5) is 20.2. The first kappa shape index (κ1) is 13.8. The Labute approximate surface area is 116 Å². The van der Waals surface area contributed by atoms with Gasteiger partial charge < -0.3 is 14.2 Å². The van der Waals surface area contributed by atoms with Crippen LogP contribution in [0.5, 0.6) is 17.2 Å². The van der Waals surface area contributed by atoms with Crippen molar-refractivity contribution in [3.05, 3.63) is 42.0 Å². The number of carbonyl (C=O) groups is 1. The van der Waals surface area contributed by atoms with Crippen molar-refractivity contribution in [2.75, 3.05) is 21.3 Å². The van der Waals surface area contributed by atoms with E-state index in [4.69, 9.17) is 14.2 Å². The lowest BCUT2D eigenvalue weighted by Crippen LogP contribution is -2.07. The summed E-state index contributed by atoms with van der Waals surface area (Å²) < 4.78 is 15.6. The number of ether oxygens (including phenoxy) is 3. The molecule has 1 aromatic carbocycles. The smallest absolute Gasteiger partial charge is 0.230 e. The first-order valence-corrected chi connectivity index (χ1v) is 5.83. The highest BCUT2D eigenvalue weighted by Crippen LogP contribution is 2.38. The SMILES string of the molecule is COc1cc(C(=O)c2ncccn2)cc(OC)c1OC. The van der Waals surface area contributed by atoms with Crippen molar-refractivity contribution >= 4 is 5.78 Å². The van der Waals surface area contributed by atoms with Crippen molar-refractivity contribution in [3.8, 4) is 17.2 Å². The maximum atomic E-state index is 12.3. The van der Waals surface area contributed by atoms with Crippen LogP contribution < -0.4 is 14.2 Å². The fourth-order valence-electron chi connectivity index (χ4n) is 1.76. The van der Waals surface area contributed by atoms with Gasteiger partial charge in [0.15, 0.2) is 11.5 Å². The minimum absolute atomic E-state index is 0.113. The highest BCUT2D eigenvalue weighted by Gasteiger charge is 2.19. The molecule has 0 radical (unpaired) electrons. The van der Waals surface area contributed by atoms with Gasteiger partial charge in [0.2, 0.25) is 17.4 Å². The van der Waals surface area contributed by atoms with Crippen LogP contribution in [0.1, 0.15) is 16.2 Å². The average molecular weight is 274 g/mol. The fraction of sp³-hybridized carbons (Fsp3) is 0.214. The van der Waals surface area contributed by atoms with Crippen LogP contribution in [0, 0.1) is 0 Å². The lowest BCUT2D eigenvalue weighted by molar-refractivity contribution is 0.102. The largest absolute Gasteiger partial charge is 0.493 e. The molecule has 1 heterocycles. The number of ketones is 1. The van der Waals surface area contributed by atoms with E-state index >= 15 is 0 Å². The molecule has 0 unspecified atom stereocenters. The minimum Gasteiger partial charge on any atom is -0.493 e. The van der Waals surface area contributed by atoms with Crippen LogP contribution in [0.4, 0.5) is 0 Å². The van der Waals surface area contributed by atoms with Crippen molar-refractivity contribution in [1.29, 1.82) is 0 Å². The molecule has 20 heavy (non-hydrogen) atoms. The Morgan fingerprint density at radius 2 is 1.50 bits per heavy atom. The summed E-state index contributed by atoms with van der Waals surface area (Å²) in [7, 11) is 4.48. The Morgan fingerprint density at radius 1 is 0.950 bits per heavy atom. The van der Waals surface area contributed by atoms with E-state index < -0.39 is 0 Å². The topological polar surface area (TPSA) is 70.5 Å². The molecule has 2 aromatic rings. The van der Waals surface area contributed by atoms with Crippen LogP contribution in [0.2, 0.25) is 0 Å². The van der Waals surface area contributed by atoms with Crippen LogP contribution in [0.25, 0.3) is 0 Å². The van der Waals surface area contributed by atoms with E-state index in [-0.39, 0.29) is 11.6 Å². The fourth-order valence-corrected chi connectivity index (χ4v) is 1.76. The van der Waals surface area contributed by atoms with Crippen LogP contribution in [-0.2, 0) is 0 Å². The highest BCUT2D eigenvalue weighted by atomic mass is 16.5. The summed E-state index contributed by atoms with van der Waals surface area (Å²) in [5.41, 5.74) is 0.366. The van der Waals surface area contributed by atoms with Gasteiger partial charge >= 0.3 is 0 Å². The molecule has 0 N–H and O–H groups in total. The molecule has 0 amide bonds. The third kappa shape index (κ3) is 2.54. The van der Waals surface area contributed by atoms with Crippen LogP contribution in [0.15, 0.2) is 30.6 Å². The predicted octanol–water partition coefficient (Wildman–Crippen LogP) is 1.73. The average Bonchev–Trinajstić information content (AvgIpc) is 2.53. The van der Waals surface area contributed by atoms with Crippen molar-refractivity contribution in [2.24, 2.45) is 0 Å². The van der Waals surface area contributed by atoms with Crippen LogP contribution in [0.3, 0.4) is 0 Å². The summed E-state index contributed by atoms with van der Waals surface area (Å²) in [5, 5.41) is 0. The van der Waals surface area contributed by atoms with Crippen LogP contribution >= 0.6 is 0 Å². The molecule has 0 saturated carbocycles. The standard InChI is InChI=1S/C14H14N2O4/c1-18-10-7-9(8-11(19-2)13(10)20-3)12(17)14-15-5-4-6-16-14/h4-8H,1-3H3. The molecular weight excluding hydrogens is 260 g/mol. The Hall–Kier alpha value is -2.63. The molecule has 2 rings (SSSR count). The van der Waals surface area contributed by atoms with Gasteiger partial charge in [0, 0.05) is 18.0 Å². The number of methoxy groups -OCH3 is 3. The van der Waals surface area contributed by atoms with E-state index in [2.05, 4.69) is 9.97 Å². The minimum atomic E-state index is -0.315. The zero-order chi connectivity index (χ0) is 14.5. The normalized spacial score (nSPS) is 9.95.